The van der Waals surface area contributed by atoms with Crippen LogP contribution < -0.4 is 21.4 Å². The summed E-state index contributed by atoms with van der Waals surface area (Å²) in [4.78, 5) is 26.2. The zero-order chi connectivity index (χ0) is 24.0. The standard InChI is InChI=1S/C26H29FN4O3/c1-2-30-14-18(26(33)34)25(32)22-20(30)13-21(23(27)24(22)28)31-10-8-16(9-11-31)29-19-12-17(19)15-6-4-3-5-7-15/h3-7,13-14,16-17,19,29H,2,8-12,28H2,1H3,(H,33,34)/t17-,19+/m0/s1. The smallest absolute Gasteiger partial charge is 0.341 e. The molecule has 1 aliphatic carbocycles. The van der Waals surface area contributed by atoms with E-state index in [1.54, 1.807) is 10.6 Å². The molecule has 2 aliphatic rings. The van der Waals surface area contributed by atoms with Crippen LogP contribution in [0.4, 0.5) is 15.8 Å². The summed E-state index contributed by atoms with van der Waals surface area (Å²) in [5.41, 5.74) is 6.81. The highest BCUT2D eigenvalue weighted by atomic mass is 19.1. The van der Waals surface area contributed by atoms with Crippen molar-refractivity contribution in [3.63, 3.8) is 0 Å². The van der Waals surface area contributed by atoms with Crippen LogP contribution in [-0.2, 0) is 6.54 Å². The van der Waals surface area contributed by atoms with Crippen LogP contribution >= 0.6 is 0 Å². The van der Waals surface area contributed by atoms with Gasteiger partial charge in [-0.25, -0.2) is 9.18 Å². The normalized spacial score (nSPS) is 20.6. The Balaban J connectivity index is 1.34. The fourth-order valence-electron chi connectivity index (χ4n) is 5.22. The summed E-state index contributed by atoms with van der Waals surface area (Å²) in [6.45, 7) is 3.61. The molecule has 3 aromatic rings. The number of benzene rings is 2. The van der Waals surface area contributed by atoms with Crippen LogP contribution in [-0.4, -0.2) is 40.8 Å². The number of hydrogen-bond acceptors (Lipinski definition) is 5. The Kier molecular flexibility index (Phi) is 5.77. The van der Waals surface area contributed by atoms with Gasteiger partial charge in [0.1, 0.15) is 5.56 Å². The van der Waals surface area contributed by atoms with Gasteiger partial charge >= 0.3 is 5.97 Å². The maximum Gasteiger partial charge on any atom is 0.341 e. The van der Waals surface area contributed by atoms with Crippen LogP contribution in [0.5, 0.6) is 0 Å². The Morgan fingerprint density at radius 1 is 1.24 bits per heavy atom. The zero-order valence-electron chi connectivity index (χ0n) is 19.1. The van der Waals surface area contributed by atoms with Gasteiger partial charge < -0.3 is 25.6 Å². The molecule has 8 heteroatoms. The predicted octanol–water partition coefficient (Wildman–Crippen LogP) is 3.56. The van der Waals surface area contributed by atoms with Crippen molar-refractivity contribution in [3.8, 4) is 0 Å². The fraction of sp³-hybridized carbons (Fsp3) is 0.385. The van der Waals surface area contributed by atoms with Crippen LogP contribution in [0.3, 0.4) is 0 Å². The van der Waals surface area contributed by atoms with Crippen molar-refractivity contribution in [3.05, 3.63) is 69.8 Å². The van der Waals surface area contributed by atoms with Gasteiger partial charge in [0.2, 0.25) is 5.43 Å². The first-order chi connectivity index (χ1) is 16.4. The number of hydrogen-bond donors (Lipinski definition) is 3. The third-order valence-corrected chi connectivity index (χ3v) is 7.20. The van der Waals surface area contributed by atoms with E-state index in [4.69, 9.17) is 5.73 Å². The van der Waals surface area contributed by atoms with Gasteiger partial charge in [0, 0.05) is 43.8 Å². The Labute approximate surface area is 197 Å². The van der Waals surface area contributed by atoms with E-state index in [1.165, 1.54) is 11.8 Å². The molecule has 4 N–H and O–H groups in total. The number of halogens is 1. The van der Waals surface area contributed by atoms with Gasteiger partial charge in [-0.05, 0) is 37.8 Å². The molecule has 2 heterocycles. The van der Waals surface area contributed by atoms with Crippen molar-refractivity contribution >= 4 is 28.2 Å². The van der Waals surface area contributed by atoms with Crippen molar-refractivity contribution in [1.29, 1.82) is 0 Å². The number of nitrogens with two attached hydrogens (primary N) is 1. The lowest BCUT2D eigenvalue weighted by Crippen LogP contribution is -2.44. The number of aryl methyl sites for hydroxylation is 1. The molecule has 2 atom stereocenters. The van der Waals surface area contributed by atoms with E-state index in [1.807, 2.05) is 17.9 Å². The predicted molar refractivity (Wildman–Crippen MR) is 131 cm³/mol. The summed E-state index contributed by atoms with van der Waals surface area (Å²) >= 11 is 0. The summed E-state index contributed by atoms with van der Waals surface area (Å²) in [6, 6.07) is 13.1. The molecule has 7 nitrogen and oxygen atoms in total. The van der Waals surface area contributed by atoms with Crippen molar-refractivity contribution in [1.82, 2.24) is 9.88 Å². The minimum atomic E-state index is -1.35. The number of pyridine rings is 1. The van der Waals surface area contributed by atoms with Crippen LogP contribution in [0, 0.1) is 5.82 Å². The summed E-state index contributed by atoms with van der Waals surface area (Å²) in [7, 11) is 0. The number of piperidine rings is 1. The number of nitrogen functional groups attached to an aromatic ring is 1. The molecule has 2 fully saturated rings. The highest BCUT2D eigenvalue weighted by Crippen LogP contribution is 2.41. The molecule has 0 unspecified atom stereocenters. The van der Waals surface area contributed by atoms with Gasteiger partial charge in [0.05, 0.1) is 22.3 Å². The number of aromatic nitrogens is 1. The molecule has 178 valence electrons. The second-order valence-electron chi connectivity index (χ2n) is 9.27. The molecule has 5 rings (SSSR count). The van der Waals surface area contributed by atoms with Gasteiger partial charge in [-0.2, -0.15) is 0 Å². The van der Waals surface area contributed by atoms with Crippen molar-refractivity contribution in [2.75, 3.05) is 23.7 Å². The molecular weight excluding hydrogens is 435 g/mol. The number of nitrogens with zero attached hydrogens (tertiary/aromatic N) is 2. The number of carboxylic acid groups (broad SMARTS) is 1. The molecule has 0 radical (unpaired) electrons. The van der Waals surface area contributed by atoms with E-state index in [2.05, 4.69) is 29.6 Å². The summed E-state index contributed by atoms with van der Waals surface area (Å²) in [5, 5.41) is 13.1. The average molecular weight is 465 g/mol. The first-order valence-electron chi connectivity index (χ1n) is 11.8. The number of rotatable bonds is 6. The van der Waals surface area contributed by atoms with Gasteiger partial charge in [0.15, 0.2) is 5.82 Å². The highest BCUT2D eigenvalue weighted by Gasteiger charge is 2.39. The number of carboxylic acids is 1. The Morgan fingerprint density at radius 3 is 2.59 bits per heavy atom. The zero-order valence-corrected chi connectivity index (χ0v) is 19.1. The van der Waals surface area contributed by atoms with Crippen molar-refractivity contribution < 1.29 is 14.3 Å². The third-order valence-electron chi connectivity index (χ3n) is 7.20. The number of fused-ring (bicyclic) bond motifs is 1. The monoisotopic (exact) mass is 464 g/mol. The lowest BCUT2D eigenvalue weighted by Gasteiger charge is -2.35. The molecule has 1 saturated carbocycles. The molecule has 0 spiro atoms. The van der Waals surface area contributed by atoms with Crippen LogP contribution in [0.1, 0.15) is 48.0 Å². The molecule has 34 heavy (non-hydrogen) atoms. The second-order valence-corrected chi connectivity index (χ2v) is 9.27. The van der Waals surface area contributed by atoms with E-state index < -0.39 is 22.8 Å². The van der Waals surface area contributed by atoms with Gasteiger partial charge in [-0.1, -0.05) is 30.3 Å². The van der Waals surface area contributed by atoms with Crippen molar-refractivity contribution in [2.45, 2.75) is 50.7 Å². The number of aromatic carboxylic acids is 1. The number of anilines is 2. The van der Waals surface area contributed by atoms with E-state index in [-0.39, 0.29) is 11.1 Å². The lowest BCUT2D eigenvalue weighted by molar-refractivity contribution is 0.0695. The van der Waals surface area contributed by atoms with E-state index in [0.717, 1.165) is 19.3 Å². The first-order valence-corrected chi connectivity index (χ1v) is 11.8. The largest absolute Gasteiger partial charge is 0.477 e. The third kappa shape index (κ3) is 3.92. The fourth-order valence-corrected chi connectivity index (χ4v) is 5.22. The summed E-state index contributed by atoms with van der Waals surface area (Å²) in [5.74, 6) is -1.44. The maximum absolute atomic E-state index is 15.3. The van der Waals surface area contributed by atoms with Gasteiger partial charge in [-0.15, -0.1) is 0 Å². The van der Waals surface area contributed by atoms with Crippen LogP contribution in [0.15, 0.2) is 47.4 Å². The van der Waals surface area contributed by atoms with Gasteiger partial charge in [-0.3, -0.25) is 4.79 Å². The molecule has 2 aromatic carbocycles. The molecule has 1 aromatic heterocycles. The Morgan fingerprint density at radius 2 is 1.94 bits per heavy atom. The Bertz CT molecular complexity index is 1300. The molecule has 0 amide bonds. The quantitative estimate of drug-likeness (QED) is 0.483. The SMILES string of the molecule is CCn1cc(C(=O)O)c(=O)c2c(N)c(F)c(N3CCC(N[C@@H]4C[C@H]4c4ccccc4)CC3)cc21. The first kappa shape index (κ1) is 22.4. The highest BCUT2D eigenvalue weighted by molar-refractivity contribution is 5.99. The molecule has 1 saturated heterocycles. The molecular formula is C26H29FN4O3. The maximum atomic E-state index is 15.3. The average Bonchev–Trinajstić information content (AvgIpc) is 3.61. The topological polar surface area (TPSA) is 101 Å². The number of nitrogens with one attached hydrogen (secondary N) is 1. The van der Waals surface area contributed by atoms with Crippen LogP contribution in [0.25, 0.3) is 10.9 Å². The van der Waals surface area contributed by atoms with Crippen LogP contribution in [0.2, 0.25) is 0 Å². The minimum Gasteiger partial charge on any atom is -0.477 e. The van der Waals surface area contributed by atoms with E-state index in [0.29, 0.717) is 48.8 Å². The molecule has 0 bridgehead atoms. The van der Waals surface area contributed by atoms with Crippen molar-refractivity contribution in [2.24, 2.45) is 0 Å². The van der Waals surface area contributed by atoms with Gasteiger partial charge in [0.25, 0.3) is 0 Å². The Hall–Kier alpha value is -3.39. The lowest BCUT2D eigenvalue weighted by atomic mass is 10.0. The van der Waals surface area contributed by atoms with E-state index >= 15 is 4.39 Å². The minimum absolute atomic E-state index is 0.0692. The molecule has 1 aliphatic heterocycles. The summed E-state index contributed by atoms with van der Waals surface area (Å²) in [6.07, 6.45) is 4.22. The van der Waals surface area contributed by atoms with E-state index in [9.17, 15) is 14.7 Å². The second kappa shape index (κ2) is 8.76. The summed E-state index contributed by atoms with van der Waals surface area (Å²) < 4.78 is 17.0. The number of carbonyl (C=O) groups is 1.